The molecule has 0 fully saturated rings. The Morgan fingerprint density at radius 2 is 2.21 bits per heavy atom. The summed E-state index contributed by atoms with van der Waals surface area (Å²) in [5.74, 6) is 0.704. The Morgan fingerprint density at radius 3 is 2.83 bits per heavy atom. The number of aryl methyl sites for hydroxylation is 1. The number of thiophene rings is 1. The van der Waals surface area contributed by atoms with E-state index >= 15 is 0 Å². The van der Waals surface area contributed by atoms with E-state index in [0.717, 1.165) is 4.88 Å². The van der Waals surface area contributed by atoms with Crippen LogP contribution < -0.4 is 5.32 Å². The molecule has 1 N–H and O–H groups in total. The first-order chi connectivity index (χ1) is 11.5. The van der Waals surface area contributed by atoms with E-state index in [9.17, 15) is 9.59 Å². The van der Waals surface area contributed by atoms with Crippen LogP contribution in [0.3, 0.4) is 0 Å². The van der Waals surface area contributed by atoms with E-state index < -0.39 is 0 Å². The quantitative estimate of drug-likeness (QED) is 0.788. The maximum absolute atomic E-state index is 12.3. The maximum Gasteiger partial charge on any atom is 0.239 e. The summed E-state index contributed by atoms with van der Waals surface area (Å²) in [5.41, 5.74) is 0. The van der Waals surface area contributed by atoms with E-state index in [1.165, 1.54) is 16.2 Å². The molecule has 0 spiro atoms. The van der Waals surface area contributed by atoms with E-state index in [4.69, 9.17) is 4.52 Å². The molecular formula is C16H22N4O3S. The van der Waals surface area contributed by atoms with Crippen molar-refractivity contribution in [2.24, 2.45) is 0 Å². The molecule has 2 amide bonds. The highest BCUT2D eigenvalue weighted by atomic mass is 32.1. The van der Waals surface area contributed by atoms with Gasteiger partial charge in [-0.1, -0.05) is 11.2 Å². The Morgan fingerprint density at radius 1 is 1.42 bits per heavy atom. The zero-order valence-electron chi connectivity index (χ0n) is 14.1. The van der Waals surface area contributed by atoms with Crippen molar-refractivity contribution < 1.29 is 14.1 Å². The number of hydrogen-bond donors (Lipinski definition) is 1. The standard InChI is InChI=1S/C16H22N4O3S/c1-4-20(10-13(21)17-11(2)3)15(22)8-7-14-18-16(19-23-14)12-6-5-9-24-12/h5-6,9,11H,4,7-8,10H2,1-3H3,(H,17,21). The molecule has 0 unspecified atom stereocenters. The summed E-state index contributed by atoms with van der Waals surface area (Å²) in [6.07, 6.45) is 0.592. The molecule has 7 nitrogen and oxygen atoms in total. The van der Waals surface area contributed by atoms with Gasteiger partial charge < -0.3 is 14.7 Å². The van der Waals surface area contributed by atoms with Crippen LogP contribution in [-0.4, -0.2) is 46.0 Å². The number of likely N-dealkylation sites (N-methyl/N-ethyl adjacent to an activating group) is 1. The summed E-state index contributed by atoms with van der Waals surface area (Å²) in [5, 5.41) is 8.64. The summed E-state index contributed by atoms with van der Waals surface area (Å²) in [6.45, 7) is 6.17. The van der Waals surface area contributed by atoms with Crippen LogP contribution in [0.15, 0.2) is 22.0 Å². The molecule has 0 saturated heterocycles. The van der Waals surface area contributed by atoms with Gasteiger partial charge in [-0.3, -0.25) is 9.59 Å². The minimum Gasteiger partial charge on any atom is -0.352 e. The summed E-state index contributed by atoms with van der Waals surface area (Å²) in [6, 6.07) is 3.89. The number of carbonyl (C=O) groups excluding carboxylic acids is 2. The minimum atomic E-state index is -0.155. The fraction of sp³-hybridized carbons (Fsp3) is 0.500. The van der Waals surface area contributed by atoms with Crippen molar-refractivity contribution >= 4 is 23.2 Å². The average molecular weight is 350 g/mol. The lowest BCUT2D eigenvalue weighted by Crippen LogP contribution is -2.42. The Balaban J connectivity index is 1.86. The molecule has 0 aliphatic rings. The molecule has 0 aromatic carbocycles. The van der Waals surface area contributed by atoms with Crippen LogP contribution >= 0.6 is 11.3 Å². The second kappa shape index (κ2) is 8.58. The van der Waals surface area contributed by atoms with Crippen LogP contribution in [0, 0.1) is 0 Å². The molecular weight excluding hydrogens is 328 g/mol. The van der Waals surface area contributed by atoms with Gasteiger partial charge in [0.1, 0.15) is 0 Å². The summed E-state index contributed by atoms with van der Waals surface area (Å²) < 4.78 is 5.18. The molecule has 0 aliphatic carbocycles. The van der Waals surface area contributed by atoms with Gasteiger partial charge in [0.15, 0.2) is 0 Å². The highest BCUT2D eigenvalue weighted by Gasteiger charge is 2.17. The molecule has 8 heteroatoms. The van der Waals surface area contributed by atoms with Gasteiger partial charge in [-0.15, -0.1) is 11.3 Å². The molecule has 0 radical (unpaired) electrons. The van der Waals surface area contributed by atoms with E-state index in [0.29, 0.717) is 24.7 Å². The van der Waals surface area contributed by atoms with Crippen molar-refractivity contribution in [1.82, 2.24) is 20.4 Å². The molecule has 2 aromatic heterocycles. The maximum atomic E-state index is 12.3. The summed E-state index contributed by atoms with van der Waals surface area (Å²) in [4.78, 5) is 30.8. The molecule has 2 heterocycles. The fourth-order valence-electron chi connectivity index (χ4n) is 2.15. The van der Waals surface area contributed by atoms with Crippen molar-refractivity contribution in [3.05, 3.63) is 23.4 Å². The van der Waals surface area contributed by atoms with Gasteiger partial charge in [0.05, 0.1) is 11.4 Å². The zero-order chi connectivity index (χ0) is 17.5. The molecule has 0 saturated carbocycles. The number of rotatable bonds is 8. The third kappa shape index (κ3) is 5.16. The van der Waals surface area contributed by atoms with Crippen LogP contribution in [0.2, 0.25) is 0 Å². The minimum absolute atomic E-state index is 0.0559. The van der Waals surface area contributed by atoms with Crippen LogP contribution in [0.25, 0.3) is 10.7 Å². The van der Waals surface area contributed by atoms with Gasteiger partial charge in [0, 0.05) is 25.4 Å². The zero-order valence-corrected chi connectivity index (χ0v) is 14.9. The van der Waals surface area contributed by atoms with E-state index in [-0.39, 0.29) is 30.8 Å². The first-order valence-electron chi connectivity index (χ1n) is 7.93. The van der Waals surface area contributed by atoms with Crippen molar-refractivity contribution in [2.75, 3.05) is 13.1 Å². The number of nitrogens with one attached hydrogen (secondary N) is 1. The second-order valence-corrected chi connectivity index (χ2v) is 6.57. The van der Waals surface area contributed by atoms with Crippen LogP contribution in [-0.2, 0) is 16.0 Å². The molecule has 2 rings (SSSR count). The van der Waals surface area contributed by atoms with Gasteiger partial charge in [0.25, 0.3) is 0 Å². The summed E-state index contributed by atoms with van der Waals surface area (Å²) in [7, 11) is 0. The number of aromatic nitrogens is 2. The average Bonchev–Trinajstić information content (AvgIpc) is 3.20. The normalized spacial score (nSPS) is 10.8. The number of nitrogens with zero attached hydrogens (tertiary/aromatic N) is 3. The highest BCUT2D eigenvalue weighted by Crippen LogP contribution is 2.21. The lowest BCUT2D eigenvalue weighted by molar-refractivity contribution is -0.136. The molecule has 0 bridgehead atoms. The van der Waals surface area contributed by atoms with Gasteiger partial charge in [-0.05, 0) is 32.2 Å². The number of carbonyl (C=O) groups is 2. The van der Waals surface area contributed by atoms with Gasteiger partial charge in [-0.25, -0.2) is 0 Å². The predicted molar refractivity (Wildman–Crippen MR) is 91.5 cm³/mol. The fourth-order valence-corrected chi connectivity index (χ4v) is 2.80. The first-order valence-corrected chi connectivity index (χ1v) is 8.81. The van der Waals surface area contributed by atoms with Crippen LogP contribution in [0.1, 0.15) is 33.1 Å². The summed E-state index contributed by atoms with van der Waals surface area (Å²) >= 11 is 1.53. The van der Waals surface area contributed by atoms with Gasteiger partial charge in [0.2, 0.25) is 23.5 Å². The number of amides is 2. The van der Waals surface area contributed by atoms with E-state index in [1.807, 2.05) is 38.3 Å². The largest absolute Gasteiger partial charge is 0.352 e. The van der Waals surface area contributed by atoms with Crippen LogP contribution in [0.5, 0.6) is 0 Å². The van der Waals surface area contributed by atoms with E-state index in [1.54, 1.807) is 0 Å². The first kappa shape index (κ1) is 18.1. The topological polar surface area (TPSA) is 88.3 Å². The molecule has 0 atom stereocenters. The lowest BCUT2D eigenvalue weighted by Gasteiger charge is -2.20. The number of hydrogen-bond acceptors (Lipinski definition) is 6. The second-order valence-electron chi connectivity index (χ2n) is 5.62. The molecule has 0 aliphatic heterocycles. The molecule has 130 valence electrons. The van der Waals surface area contributed by atoms with Crippen LogP contribution in [0.4, 0.5) is 0 Å². The van der Waals surface area contributed by atoms with Gasteiger partial charge in [-0.2, -0.15) is 4.98 Å². The van der Waals surface area contributed by atoms with E-state index in [2.05, 4.69) is 15.5 Å². The van der Waals surface area contributed by atoms with Crippen molar-refractivity contribution in [3.8, 4) is 10.7 Å². The Labute approximate surface area is 145 Å². The van der Waals surface area contributed by atoms with Crippen molar-refractivity contribution in [1.29, 1.82) is 0 Å². The molecule has 24 heavy (non-hydrogen) atoms. The lowest BCUT2D eigenvalue weighted by atomic mass is 10.2. The third-order valence-electron chi connectivity index (χ3n) is 3.28. The Kier molecular flexibility index (Phi) is 6.48. The van der Waals surface area contributed by atoms with Crippen molar-refractivity contribution in [2.45, 2.75) is 39.7 Å². The Hall–Kier alpha value is -2.22. The predicted octanol–water partition coefficient (Wildman–Crippen LogP) is 2.10. The van der Waals surface area contributed by atoms with Crippen molar-refractivity contribution in [3.63, 3.8) is 0 Å². The highest BCUT2D eigenvalue weighted by molar-refractivity contribution is 7.13. The smallest absolute Gasteiger partial charge is 0.239 e. The Bertz CT molecular complexity index is 667. The third-order valence-corrected chi connectivity index (χ3v) is 4.15. The SMILES string of the molecule is CCN(CC(=O)NC(C)C)C(=O)CCc1nc(-c2cccs2)no1. The monoisotopic (exact) mass is 350 g/mol. The van der Waals surface area contributed by atoms with Gasteiger partial charge >= 0.3 is 0 Å². The molecule has 2 aromatic rings.